The second-order valence-electron chi connectivity index (χ2n) is 5.42. The monoisotopic (exact) mass is 275 g/mol. The van der Waals surface area contributed by atoms with E-state index in [4.69, 9.17) is 11.6 Å². The van der Waals surface area contributed by atoms with Crippen LogP contribution in [0.2, 0.25) is 0 Å². The molecule has 0 aliphatic carbocycles. The number of unbranched alkanes of at least 4 members (excludes halogenated alkanes) is 6. The number of nitrogens with one attached hydrogen (secondary N) is 1. The van der Waals surface area contributed by atoms with E-state index in [-0.39, 0.29) is 0 Å². The zero-order chi connectivity index (χ0) is 13.6. The lowest BCUT2D eigenvalue weighted by Crippen LogP contribution is -2.29. The molecule has 0 aromatic carbocycles. The van der Waals surface area contributed by atoms with Crippen LogP contribution < -0.4 is 5.32 Å². The third-order valence-corrected chi connectivity index (χ3v) is 4.37. The molecular weight excluding hydrogens is 242 g/mol. The predicted octanol–water partition coefficient (Wildman–Crippen LogP) is 5.37. The Labute approximate surface area is 120 Å². The Morgan fingerprint density at radius 3 is 1.94 bits per heavy atom. The van der Waals surface area contributed by atoms with E-state index < -0.39 is 0 Å². The first kappa shape index (κ1) is 18.2. The van der Waals surface area contributed by atoms with Gasteiger partial charge in [0.05, 0.1) is 0 Å². The van der Waals surface area contributed by atoms with Gasteiger partial charge < -0.3 is 5.32 Å². The smallest absolute Gasteiger partial charge is 0.0488 e. The van der Waals surface area contributed by atoms with E-state index in [0.29, 0.717) is 11.3 Å². The summed E-state index contributed by atoms with van der Waals surface area (Å²) < 4.78 is 0. The average molecular weight is 276 g/mol. The van der Waals surface area contributed by atoms with E-state index >= 15 is 0 Å². The van der Waals surface area contributed by atoms with E-state index in [2.05, 4.69) is 26.1 Å². The molecule has 110 valence electrons. The number of rotatable bonds is 13. The van der Waals surface area contributed by atoms with Gasteiger partial charge >= 0.3 is 0 Å². The standard InChI is InChI=1S/C16H34ClN/c1-4-7-8-9-10-11-12-13-18-14-16(17)15(5-2)6-3/h15-16,18H,4-14H2,1-3H3. The second kappa shape index (κ2) is 13.7. The van der Waals surface area contributed by atoms with Gasteiger partial charge in [-0.25, -0.2) is 0 Å². The summed E-state index contributed by atoms with van der Waals surface area (Å²) in [6, 6.07) is 0. The molecule has 1 unspecified atom stereocenters. The lowest BCUT2D eigenvalue weighted by atomic mass is 9.99. The van der Waals surface area contributed by atoms with Crippen LogP contribution in [0.5, 0.6) is 0 Å². The summed E-state index contributed by atoms with van der Waals surface area (Å²) in [6.45, 7) is 8.85. The molecule has 0 spiro atoms. The summed E-state index contributed by atoms with van der Waals surface area (Å²) in [5.74, 6) is 0.674. The normalized spacial score (nSPS) is 13.2. The maximum absolute atomic E-state index is 6.38. The zero-order valence-electron chi connectivity index (χ0n) is 12.8. The van der Waals surface area contributed by atoms with Crippen molar-refractivity contribution in [3.05, 3.63) is 0 Å². The first-order valence-electron chi connectivity index (χ1n) is 8.10. The van der Waals surface area contributed by atoms with Gasteiger partial charge in [0.1, 0.15) is 0 Å². The Hall–Kier alpha value is 0.250. The minimum atomic E-state index is 0.310. The van der Waals surface area contributed by atoms with Crippen molar-refractivity contribution in [2.24, 2.45) is 5.92 Å². The van der Waals surface area contributed by atoms with Crippen LogP contribution >= 0.6 is 11.6 Å². The molecule has 2 heteroatoms. The number of halogens is 1. The highest BCUT2D eigenvalue weighted by Crippen LogP contribution is 2.17. The van der Waals surface area contributed by atoms with Crippen molar-refractivity contribution in [1.29, 1.82) is 0 Å². The van der Waals surface area contributed by atoms with E-state index in [1.165, 1.54) is 57.8 Å². The molecule has 1 nitrogen and oxygen atoms in total. The molecule has 1 atom stereocenters. The molecule has 0 saturated heterocycles. The third-order valence-electron chi connectivity index (χ3n) is 3.86. The topological polar surface area (TPSA) is 12.0 Å². The Bertz CT molecular complexity index is 157. The van der Waals surface area contributed by atoms with Crippen molar-refractivity contribution in [3.63, 3.8) is 0 Å². The summed E-state index contributed by atoms with van der Waals surface area (Å²) >= 11 is 6.38. The Morgan fingerprint density at radius 1 is 0.833 bits per heavy atom. The summed E-state index contributed by atoms with van der Waals surface area (Å²) in [5, 5.41) is 3.81. The van der Waals surface area contributed by atoms with Gasteiger partial charge in [0.2, 0.25) is 0 Å². The summed E-state index contributed by atoms with van der Waals surface area (Å²) in [5.41, 5.74) is 0. The lowest BCUT2D eigenvalue weighted by molar-refractivity contribution is 0.443. The van der Waals surface area contributed by atoms with Crippen molar-refractivity contribution in [2.75, 3.05) is 13.1 Å². The van der Waals surface area contributed by atoms with Gasteiger partial charge in [0.15, 0.2) is 0 Å². The van der Waals surface area contributed by atoms with Gasteiger partial charge in [0, 0.05) is 11.9 Å². The summed E-state index contributed by atoms with van der Waals surface area (Å²) in [6.07, 6.45) is 12.1. The van der Waals surface area contributed by atoms with Crippen molar-refractivity contribution < 1.29 is 0 Å². The quantitative estimate of drug-likeness (QED) is 0.352. The van der Waals surface area contributed by atoms with Gasteiger partial charge in [-0.1, -0.05) is 72.1 Å². The molecule has 0 aromatic rings. The van der Waals surface area contributed by atoms with Gasteiger partial charge in [-0.15, -0.1) is 11.6 Å². The van der Waals surface area contributed by atoms with E-state index in [1.54, 1.807) is 0 Å². The van der Waals surface area contributed by atoms with Crippen LogP contribution in [0, 0.1) is 5.92 Å². The molecule has 18 heavy (non-hydrogen) atoms. The highest BCUT2D eigenvalue weighted by Gasteiger charge is 2.14. The SMILES string of the molecule is CCCCCCCCCNCC(Cl)C(CC)CC. The first-order chi connectivity index (χ1) is 8.76. The minimum Gasteiger partial charge on any atom is -0.315 e. The molecule has 0 aliphatic rings. The van der Waals surface area contributed by atoms with Crippen LogP contribution in [0.25, 0.3) is 0 Å². The van der Waals surface area contributed by atoms with Gasteiger partial charge in [-0.05, 0) is 18.9 Å². The fourth-order valence-electron chi connectivity index (χ4n) is 2.41. The van der Waals surface area contributed by atoms with Gasteiger partial charge in [0.25, 0.3) is 0 Å². The molecule has 0 rings (SSSR count). The Morgan fingerprint density at radius 2 is 1.39 bits per heavy atom. The third kappa shape index (κ3) is 10.2. The number of hydrogen-bond acceptors (Lipinski definition) is 1. The summed E-state index contributed by atoms with van der Waals surface area (Å²) in [7, 11) is 0. The van der Waals surface area contributed by atoms with Crippen molar-refractivity contribution >= 4 is 11.6 Å². The van der Waals surface area contributed by atoms with Crippen LogP contribution in [-0.2, 0) is 0 Å². The molecule has 0 amide bonds. The van der Waals surface area contributed by atoms with E-state index in [9.17, 15) is 0 Å². The molecule has 0 aromatic heterocycles. The molecule has 0 heterocycles. The molecule has 0 radical (unpaired) electrons. The fraction of sp³-hybridized carbons (Fsp3) is 1.00. The zero-order valence-corrected chi connectivity index (χ0v) is 13.6. The predicted molar refractivity (Wildman–Crippen MR) is 84.6 cm³/mol. The van der Waals surface area contributed by atoms with Crippen LogP contribution in [0.3, 0.4) is 0 Å². The van der Waals surface area contributed by atoms with Crippen molar-refractivity contribution in [1.82, 2.24) is 5.32 Å². The van der Waals surface area contributed by atoms with Crippen LogP contribution in [-0.4, -0.2) is 18.5 Å². The molecule has 0 aliphatic heterocycles. The minimum absolute atomic E-state index is 0.310. The molecule has 0 fully saturated rings. The highest BCUT2D eigenvalue weighted by molar-refractivity contribution is 6.21. The first-order valence-corrected chi connectivity index (χ1v) is 8.54. The van der Waals surface area contributed by atoms with Crippen LogP contribution in [0.15, 0.2) is 0 Å². The van der Waals surface area contributed by atoms with Crippen LogP contribution in [0.1, 0.15) is 78.6 Å². The molecule has 0 saturated carbocycles. The molecule has 0 bridgehead atoms. The Balaban J connectivity index is 3.24. The van der Waals surface area contributed by atoms with Crippen molar-refractivity contribution in [3.8, 4) is 0 Å². The van der Waals surface area contributed by atoms with E-state index in [1.807, 2.05) is 0 Å². The van der Waals surface area contributed by atoms with Crippen molar-refractivity contribution in [2.45, 2.75) is 83.9 Å². The van der Waals surface area contributed by atoms with Crippen LogP contribution in [0.4, 0.5) is 0 Å². The maximum atomic E-state index is 6.38. The number of alkyl halides is 1. The fourth-order valence-corrected chi connectivity index (χ4v) is 2.88. The molecular formula is C16H34ClN. The summed E-state index contributed by atoms with van der Waals surface area (Å²) in [4.78, 5) is 0. The van der Waals surface area contributed by atoms with Gasteiger partial charge in [-0.3, -0.25) is 0 Å². The largest absolute Gasteiger partial charge is 0.315 e. The average Bonchev–Trinajstić information content (AvgIpc) is 2.38. The second-order valence-corrected chi connectivity index (χ2v) is 5.98. The Kier molecular flexibility index (Phi) is 13.9. The highest BCUT2D eigenvalue weighted by atomic mass is 35.5. The lowest BCUT2D eigenvalue weighted by Gasteiger charge is -2.19. The van der Waals surface area contributed by atoms with Gasteiger partial charge in [-0.2, -0.15) is 0 Å². The molecule has 1 N–H and O–H groups in total. The number of hydrogen-bond donors (Lipinski definition) is 1. The van der Waals surface area contributed by atoms with E-state index in [0.717, 1.165) is 13.1 Å². The maximum Gasteiger partial charge on any atom is 0.0488 e.